The van der Waals surface area contributed by atoms with Gasteiger partial charge in [-0.05, 0) is 44.1 Å². The van der Waals surface area contributed by atoms with Crippen LogP contribution in [0.25, 0.3) is 0 Å². The van der Waals surface area contributed by atoms with Crippen LogP contribution in [0.5, 0.6) is 0 Å². The number of hydrogen-bond acceptors (Lipinski definition) is 6. The van der Waals surface area contributed by atoms with Crippen LogP contribution in [-0.4, -0.2) is 22.5 Å². The molecule has 0 N–H and O–H groups in total. The van der Waals surface area contributed by atoms with Gasteiger partial charge in [0, 0.05) is 12.1 Å². The van der Waals surface area contributed by atoms with Crippen molar-refractivity contribution in [3.05, 3.63) is 39.9 Å². The highest BCUT2D eigenvalue weighted by Gasteiger charge is 2.45. The summed E-state index contributed by atoms with van der Waals surface area (Å²) in [5, 5.41) is 11.0. The van der Waals surface area contributed by atoms with E-state index in [-0.39, 0.29) is 30.6 Å². The van der Waals surface area contributed by atoms with Crippen LogP contribution in [0.4, 0.5) is 5.69 Å². The van der Waals surface area contributed by atoms with Gasteiger partial charge in [-0.15, -0.1) is 0 Å². The van der Waals surface area contributed by atoms with Gasteiger partial charge in [0.1, 0.15) is 12.2 Å². The molecule has 7 nitrogen and oxygen atoms in total. The molecule has 0 amide bonds. The molecule has 0 unspecified atom stereocenters. The van der Waals surface area contributed by atoms with Gasteiger partial charge in [0.25, 0.3) is 5.69 Å². The van der Waals surface area contributed by atoms with E-state index in [1.807, 2.05) is 20.8 Å². The molecule has 3 rings (SSSR count). The predicted molar refractivity (Wildman–Crippen MR) is 115 cm³/mol. The number of rotatable bonds is 9. The van der Waals surface area contributed by atoms with E-state index >= 15 is 0 Å². The molecule has 2 aliphatic carbocycles. The molecule has 0 spiro atoms. The fraction of sp³-hybridized carbons (Fsp3) is 0.667. The van der Waals surface area contributed by atoms with E-state index in [2.05, 4.69) is 0 Å². The van der Waals surface area contributed by atoms with Gasteiger partial charge in [-0.2, -0.15) is 0 Å². The second-order valence-corrected chi connectivity index (χ2v) is 9.89. The van der Waals surface area contributed by atoms with Crippen molar-refractivity contribution < 1.29 is 24.0 Å². The average Bonchev–Trinajstić information content (AvgIpc) is 2.59. The number of nitro benzene ring substituents is 1. The lowest BCUT2D eigenvalue weighted by Crippen LogP contribution is -2.42. The fourth-order valence-electron chi connectivity index (χ4n) is 4.65. The van der Waals surface area contributed by atoms with Crippen molar-refractivity contribution in [1.82, 2.24) is 0 Å². The number of carbonyl (C=O) groups is 2. The molecule has 2 aliphatic rings. The summed E-state index contributed by atoms with van der Waals surface area (Å²) in [7, 11) is 0. The summed E-state index contributed by atoms with van der Waals surface area (Å²) in [4.78, 5) is 36.4. The second-order valence-electron chi connectivity index (χ2n) is 9.89. The Kier molecular flexibility index (Phi) is 7.34. The molecule has 0 aliphatic heterocycles. The van der Waals surface area contributed by atoms with Gasteiger partial charge < -0.3 is 9.47 Å². The predicted octanol–water partition coefficient (Wildman–Crippen LogP) is 5.20. The molecule has 7 heteroatoms. The highest BCUT2D eigenvalue weighted by Crippen LogP contribution is 2.49. The molecule has 1 aromatic carbocycles. The first-order chi connectivity index (χ1) is 14.6. The molecule has 1 atom stereocenters. The number of benzene rings is 1. The van der Waals surface area contributed by atoms with Crippen molar-refractivity contribution in [2.45, 2.75) is 77.9 Å². The molecule has 0 radical (unpaired) electrons. The monoisotopic (exact) mass is 431 g/mol. The van der Waals surface area contributed by atoms with Crippen molar-refractivity contribution in [3.63, 3.8) is 0 Å². The Morgan fingerprint density at radius 2 is 1.74 bits per heavy atom. The third-order valence-electron chi connectivity index (χ3n) is 6.46. The van der Waals surface area contributed by atoms with Crippen LogP contribution in [0.2, 0.25) is 0 Å². The first kappa shape index (κ1) is 23.2. The Bertz CT molecular complexity index is 793. The smallest absolute Gasteiger partial charge is 0.310 e. The van der Waals surface area contributed by atoms with E-state index < -0.39 is 22.4 Å². The number of hydrogen-bond donors (Lipinski definition) is 0. The second kappa shape index (κ2) is 9.79. The maximum atomic E-state index is 13.2. The molecule has 2 fully saturated rings. The SMILES string of the molecule is CC(C)(C)OC(=O)C[C@H](C(=O)OCc1cccc([N+](=O)[O-])c1)C(C1CCC1)C1CCC1. The zero-order valence-electron chi connectivity index (χ0n) is 18.7. The van der Waals surface area contributed by atoms with E-state index in [9.17, 15) is 19.7 Å². The fourth-order valence-corrected chi connectivity index (χ4v) is 4.65. The van der Waals surface area contributed by atoms with Gasteiger partial charge >= 0.3 is 11.9 Å². The highest BCUT2D eigenvalue weighted by atomic mass is 16.6. The number of non-ortho nitro benzene ring substituents is 1. The van der Waals surface area contributed by atoms with Crippen LogP contribution < -0.4 is 0 Å². The lowest BCUT2D eigenvalue weighted by atomic mass is 9.60. The quantitative estimate of drug-likeness (QED) is 0.303. The average molecular weight is 432 g/mol. The Morgan fingerprint density at radius 3 is 2.23 bits per heavy atom. The van der Waals surface area contributed by atoms with E-state index in [1.165, 1.54) is 12.1 Å². The molecule has 0 heterocycles. The van der Waals surface area contributed by atoms with Gasteiger partial charge in [-0.25, -0.2) is 0 Å². The van der Waals surface area contributed by atoms with E-state index in [1.54, 1.807) is 12.1 Å². The third-order valence-corrected chi connectivity index (χ3v) is 6.46. The lowest BCUT2D eigenvalue weighted by molar-refractivity contribution is -0.384. The lowest BCUT2D eigenvalue weighted by Gasteiger charge is -2.45. The Morgan fingerprint density at radius 1 is 1.13 bits per heavy atom. The van der Waals surface area contributed by atoms with Crippen LogP contribution in [0, 0.1) is 33.8 Å². The minimum Gasteiger partial charge on any atom is -0.461 e. The first-order valence-corrected chi connectivity index (χ1v) is 11.3. The van der Waals surface area contributed by atoms with E-state index in [0.717, 1.165) is 38.5 Å². The Hall–Kier alpha value is -2.44. The van der Waals surface area contributed by atoms with Gasteiger partial charge in [-0.1, -0.05) is 50.7 Å². The molecule has 2 saturated carbocycles. The van der Waals surface area contributed by atoms with Crippen molar-refractivity contribution >= 4 is 17.6 Å². The van der Waals surface area contributed by atoms with E-state index in [4.69, 9.17) is 9.47 Å². The van der Waals surface area contributed by atoms with Crippen LogP contribution in [0.15, 0.2) is 24.3 Å². The summed E-state index contributed by atoms with van der Waals surface area (Å²) in [6.45, 7) is 5.40. The summed E-state index contributed by atoms with van der Waals surface area (Å²) in [6, 6.07) is 6.08. The molecular formula is C24H33NO6. The number of ether oxygens (including phenoxy) is 2. The van der Waals surface area contributed by atoms with E-state index in [0.29, 0.717) is 17.4 Å². The van der Waals surface area contributed by atoms with Gasteiger partial charge in [-0.3, -0.25) is 19.7 Å². The highest BCUT2D eigenvalue weighted by molar-refractivity contribution is 5.80. The maximum absolute atomic E-state index is 13.2. The number of nitro groups is 1. The van der Waals surface area contributed by atoms with Crippen LogP contribution in [0.3, 0.4) is 0 Å². The Balaban J connectivity index is 1.74. The number of nitrogens with zero attached hydrogens (tertiary/aromatic N) is 1. The molecule has 170 valence electrons. The molecule has 0 bridgehead atoms. The van der Waals surface area contributed by atoms with Gasteiger partial charge in [0.2, 0.25) is 0 Å². The van der Waals surface area contributed by atoms with Crippen molar-refractivity contribution in [2.24, 2.45) is 23.7 Å². The van der Waals surface area contributed by atoms with Crippen molar-refractivity contribution in [3.8, 4) is 0 Å². The summed E-state index contributed by atoms with van der Waals surface area (Å²) in [5.74, 6) is -0.294. The molecule has 1 aromatic rings. The normalized spacial score (nSPS) is 18.1. The summed E-state index contributed by atoms with van der Waals surface area (Å²) >= 11 is 0. The largest absolute Gasteiger partial charge is 0.461 e. The topological polar surface area (TPSA) is 95.7 Å². The zero-order valence-corrected chi connectivity index (χ0v) is 18.7. The van der Waals surface area contributed by atoms with Crippen LogP contribution in [0.1, 0.15) is 71.3 Å². The minimum absolute atomic E-state index is 0.0166. The zero-order chi connectivity index (χ0) is 22.6. The van der Waals surface area contributed by atoms with Crippen LogP contribution >= 0.6 is 0 Å². The third kappa shape index (κ3) is 6.28. The minimum atomic E-state index is -0.614. The summed E-state index contributed by atoms with van der Waals surface area (Å²) in [6.07, 6.45) is 6.69. The number of esters is 2. The standard InChI is InChI=1S/C24H33NO6/c1-24(2,3)31-21(26)14-20(22(17-8-5-9-17)18-10-6-11-18)23(27)30-15-16-7-4-12-19(13-16)25(28)29/h4,7,12-13,17-18,20,22H,5-6,8-11,14-15H2,1-3H3/t20-/m0/s1. The first-order valence-electron chi connectivity index (χ1n) is 11.3. The molecule has 0 saturated heterocycles. The van der Waals surface area contributed by atoms with Crippen molar-refractivity contribution in [2.75, 3.05) is 0 Å². The van der Waals surface area contributed by atoms with Crippen molar-refractivity contribution in [1.29, 1.82) is 0 Å². The maximum Gasteiger partial charge on any atom is 0.310 e. The van der Waals surface area contributed by atoms with Gasteiger partial charge in [0.05, 0.1) is 17.3 Å². The van der Waals surface area contributed by atoms with Crippen LogP contribution in [-0.2, 0) is 25.7 Å². The summed E-state index contributed by atoms with van der Waals surface area (Å²) < 4.78 is 11.1. The Labute approximate surface area is 183 Å². The molecule has 31 heavy (non-hydrogen) atoms. The number of carbonyl (C=O) groups excluding carboxylic acids is 2. The molecular weight excluding hydrogens is 398 g/mol. The summed E-state index contributed by atoms with van der Waals surface area (Å²) in [5.41, 5.74) is -0.0974. The van der Waals surface area contributed by atoms with Gasteiger partial charge in [0.15, 0.2) is 0 Å². The molecule has 0 aromatic heterocycles.